The van der Waals surface area contributed by atoms with Crippen LogP contribution >= 0.6 is 22.6 Å². The van der Waals surface area contributed by atoms with Crippen molar-refractivity contribution in [1.82, 2.24) is 4.90 Å². The van der Waals surface area contributed by atoms with E-state index in [0.717, 1.165) is 3.57 Å². The van der Waals surface area contributed by atoms with E-state index in [1.807, 2.05) is 36.4 Å². The predicted molar refractivity (Wildman–Crippen MR) is 96.3 cm³/mol. The average molecular weight is 437 g/mol. The molecule has 0 spiro atoms. The van der Waals surface area contributed by atoms with Gasteiger partial charge in [0, 0.05) is 3.57 Å². The molecule has 0 atom stereocenters. The van der Waals surface area contributed by atoms with Gasteiger partial charge in [-0.2, -0.15) is 0 Å². The first kappa shape index (κ1) is 16.6. The third-order valence-electron chi connectivity index (χ3n) is 3.38. The summed E-state index contributed by atoms with van der Waals surface area (Å²) >= 11 is 2.22. The summed E-state index contributed by atoms with van der Waals surface area (Å²) in [6.45, 7) is 0.688. The molecule has 0 aliphatic carbocycles. The van der Waals surface area contributed by atoms with Crippen LogP contribution in [0.25, 0.3) is 0 Å². The maximum atomic E-state index is 12.6. The Morgan fingerprint density at radius 1 is 0.958 bits per heavy atom. The van der Waals surface area contributed by atoms with E-state index in [-0.39, 0.29) is 12.5 Å². The highest BCUT2D eigenvalue weighted by molar-refractivity contribution is 14.1. The van der Waals surface area contributed by atoms with Crippen LogP contribution in [0.4, 0.5) is 0 Å². The fourth-order valence-corrected chi connectivity index (χ4v) is 2.54. The Morgan fingerprint density at radius 2 is 1.54 bits per heavy atom. The van der Waals surface area contributed by atoms with E-state index >= 15 is 0 Å². The maximum absolute atomic E-state index is 12.6. The van der Waals surface area contributed by atoms with Crippen molar-refractivity contribution in [2.24, 2.45) is 0 Å². The van der Waals surface area contributed by atoms with Crippen molar-refractivity contribution in [3.8, 4) is 5.75 Å². The normalized spacial score (nSPS) is 10.5. The average Bonchev–Trinajstić information content (AvgIpc) is 3.27. The van der Waals surface area contributed by atoms with Gasteiger partial charge in [0.15, 0.2) is 6.61 Å². The van der Waals surface area contributed by atoms with Crippen LogP contribution in [0, 0.1) is 3.57 Å². The molecule has 3 rings (SSSR count). The molecule has 0 aliphatic heterocycles. The zero-order valence-electron chi connectivity index (χ0n) is 12.9. The zero-order chi connectivity index (χ0) is 16.8. The lowest BCUT2D eigenvalue weighted by molar-refractivity contribution is -0.135. The lowest BCUT2D eigenvalue weighted by Crippen LogP contribution is -2.33. The van der Waals surface area contributed by atoms with Crippen LogP contribution in [-0.2, 0) is 17.9 Å². The Morgan fingerprint density at radius 3 is 2.04 bits per heavy atom. The molecule has 24 heavy (non-hydrogen) atoms. The Labute approximate surface area is 153 Å². The van der Waals surface area contributed by atoms with Gasteiger partial charge in [-0.05, 0) is 71.1 Å². The van der Waals surface area contributed by atoms with Crippen molar-refractivity contribution in [2.45, 2.75) is 13.1 Å². The van der Waals surface area contributed by atoms with Crippen LogP contribution in [-0.4, -0.2) is 17.4 Å². The molecule has 5 nitrogen and oxygen atoms in total. The van der Waals surface area contributed by atoms with Crippen molar-refractivity contribution in [3.63, 3.8) is 0 Å². The van der Waals surface area contributed by atoms with Gasteiger partial charge in [-0.15, -0.1) is 0 Å². The second-order valence-corrected chi connectivity index (χ2v) is 6.40. The monoisotopic (exact) mass is 437 g/mol. The van der Waals surface area contributed by atoms with Crippen molar-refractivity contribution >= 4 is 28.5 Å². The van der Waals surface area contributed by atoms with Crippen LogP contribution in [0.2, 0.25) is 0 Å². The summed E-state index contributed by atoms with van der Waals surface area (Å²) < 4.78 is 17.4. The van der Waals surface area contributed by atoms with Crippen molar-refractivity contribution in [3.05, 3.63) is 76.1 Å². The molecule has 0 saturated carbocycles. The molecule has 0 aliphatic rings. The smallest absolute Gasteiger partial charge is 0.261 e. The van der Waals surface area contributed by atoms with Crippen LogP contribution in [0.3, 0.4) is 0 Å². The highest BCUT2D eigenvalue weighted by Gasteiger charge is 2.18. The molecule has 124 valence electrons. The third kappa shape index (κ3) is 4.64. The highest BCUT2D eigenvalue weighted by atomic mass is 127. The number of hydrogen-bond donors (Lipinski definition) is 0. The minimum absolute atomic E-state index is 0.0397. The van der Waals surface area contributed by atoms with Gasteiger partial charge >= 0.3 is 0 Å². The summed E-state index contributed by atoms with van der Waals surface area (Å²) in [5, 5.41) is 0. The van der Waals surface area contributed by atoms with Gasteiger partial charge in [-0.25, -0.2) is 0 Å². The fraction of sp³-hybridized carbons (Fsp3) is 0.167. The Hall–Kier alpha value is -2.22. The van der Waals surface area contributed by atoms with Gasteiger partial charge in [0.1, 0.15) is 17.3 Å². The molecule has 0 radical (unpaired) electrons. The molecule has 1 amide bonds. The van der Waals surface area contributed by atoms with E-state index in [1.54, 1.807) is 29.6 Å². The summed E-state index contributed by atoms with van der Waals surface area (Å²) in [6.07, 6.45) is 3.18. The summed E-state index contributed by atoms with van der Waals surface area (Å²) in [4.78, 5) is 14.2. The molecular formula is C18H16INO4. The second kappa shape index (κ2) is 8.05. The fourth-order valence-electron chi connectivity index (χ4n) is 2.18. The first-order chi connectivity index (χ1) is 11.7. The minimum Gasteiger partial charge on any atom is -0.484 e. The van der Waals surface area contributed by atoms with Crippen molar-refractivity contribution < 1.29 is 18.4 Å². The summed E-state index contributed by atoms with van der Waals surface area (Å²) in [7, 11) is 0. The molecule has 2 aromatic heterocycles. The van der Waals surface area contributed by atoms with Gasteiger partial charge in [-0.3, -0.25) is 4.79 Å². The molecular weight excluding hydrogens is 421 g/mol. The molecule has 0 bridgehead atoms. The second-order valence-electron chi connectivity index (χ2n) is 5.15. The van der Waals surface area contributed by atoms with Crippen LogP contribution in [0.1, 0.15) is 11.5 Å². The molecule has 2 heterocycles. The number of benzene rings is 1. The summed E-state index contributed by atoms with van der Waals surface area (Å²) in [5.41, 5.74) is 0. The van der Waals surface area contributed by atoms with E-state index in [2.05, 4.69) is 22.6 Å². The summed E-state index contributed by atoms with van der Waals surface area (Å²) in [5.74, 6) is 1.95. The van der Waals surface area contributed by atoms with Crippen LogP contribution in [0.5, 0.6) is 5.75 Å². The molecule has 3 aromatic rings. The van der Waals surface area contributed by atoms with Gasteiger partial charge in [0.2, 0.25) is 0 Å². The number of nitrogens with zero attached hydrogens (tertiary/aromatic N) is 1. The number of halogens is 1. The number of carbonyl (C=O) groups is 1. The Balaban J connectivity index is 1.64. The standard InChI is InChI=1S/C18H16INO4/c19-14-5-7-15(8-6-14)24-13-18(21)20(11-16-3-1-9-22-16)12-17-4-2-10-23-17/h1-10H,11-13H2. The van der Waals surface area contributed by atoms with E-state index < -0.39 is 0 Å². The number of furan rings is 2. The zero-order valence-corrected chi connectivity index (χ0v) is 15.0. The van der Waals surface area contributed by atoms with E-state index in [0.29, 0.717) is 30.4 Å². The number of rotatable bonds is 7. The first-order valence-electron chi connectivity index (χ1n) is 7.41. The number of carbonyl (C=O) groups excluding carboxylic acids is 1. The lowest BCUT2D eigenvalue weighted by Gasteiger charge is -2.20. The van der Waals surface area contributed by atoms with E-state index in [1.165, 1.54) is 0 Å². The van der Waals surface area contributed by atoms with Crippen LogP contribution < -0.4 is 4.74 Å². The van der Waals surface area contributed by atoms with Crippen molar-refractivity contribution in [1.29, 1.82) is 0 Å². The van der Waals surface area contributed by atoms with E-state index in [9.17, 15) is 4.79 Å². The third-order valence-corrected chi connectivity index (χ3v) is 4.10. The molecule has 6 heteroatoms. The van der Waals surface area contributed by atoms with Gasteiger partial charge < -0.3 is 18.5 Å². The summed E-state index contributed by atoms with van der Waals surface area (Å²) in [6, 6.07) is 14.8. The lowest BCUT2D eigenvalue weighted by atomic mass is 10.3. The minimum atomic E-state index is -0.138. The molecule has 0 unspecified atom stereocenters. The van der Waals surface area contributed by atoms with Crippen molar-refractivity contribution in [2.75, 3.05) is 6.61 Å². The molecule has 0 saturated heterocycles. The van der Waals surface area contributed by atoms with Crippen LogP contribution in [0.15, 0.2) is 69.9 Å². The Kier molecular flexibility index (Phi) is 5.58. The van der Waals surface area contributed by atoms with E-state index in [4.69, 9.17) is 13.6 Å². The Bertz CT molecular complexity index is 715. The van der Waals surface area contributed by atoms with Gasteiger partial charge in [0.05, 0.1) is 25.6 Å². The predicted octanol–water partition coefficient (Wildman–Crippen LogP) is 4.09. The van der Waals surface area contributed by atoms with Gasteiger partial charge in [0.25, 0.3) is 5.91 Å². The first-order valence-corrected chi connectivity index (χ1v) is 8.49. The number of ether oxygens (including phenoxy) is 1. The maximum Gasteiger partial charge on any atom is 0.261 e. The number of hydrogen-bond acceptors (Lipinski definition) is 4. The highest BCUT2D eigenvalue weighted by Crippen LogP contribution is 2.15. The SMILES string of the molecule is O=C(COc1ccc(I)cc1)N(Cc1ccco1)Cc1ccco1. The topological polar surface area (TPSA) is 55.8 Å². The quantitative estimate of drug-likeness (QED) is 0.523. The largest absolute Gasteiger partial charge is 0.484 e. The van der Waals surface area contributed by atoms with Gasteiger partial charge in [-0.1, -0.05) is 0 Å². The number of amides is 1. The molecule has 0 fully saturated rings. The molecule has 0 N–H and O–H groups in total. The molecule has 1 aromatic carbocycles.